The summed E-state index contributed by atoms with van der Waals surface area (Å²) in [4.78, 5) is 2.38. The standard InChI is InChI=1S/C17H27NO3/c1-3-20-15-5-7-16(8-6-15)21-12-11-18-10-4-9-17(2,13-18)14-19/h5-8,19H,3-4,9-14H2,1-2H3. The zero-order chi connectivity index (χ0) is 15.1. The van der Waals surface area contributed by atoms with Crippen molar-refractivity contribution in [3.8, 4) is 11.5 Å². The van der Waals surface area contributed by atoms with Gasteiger partial charge in [0.15, 0.2) is 0 Å². The van der Waals surface area contributed by atoms with Crippen LogP contribution in [0.5, 0.6) is 11.5 Å². The maximum absolute atomic E-state index is 9.47. The Kier molecular flexibility index (Phi) is 5.88. The number of hydrogen-bond acceptors (Lipinski definition) is 4. The van der Waals surface area contributed by atoms with Gasteiger partial charge >= 0.3 is 0 Å². The molecule has 0 bridgehead atoms. The number of likely N-dealkylation sites (tertiary alicyclic amines) is 1. The van der Waals surface area contributed by atoms with Gasteiger partial charge in [0, 0.05) is 25.1 Å². The van der Waals surface area contributed by atoms with Gasteiger partial charge in [-0.2, -0.15) is 0 Å². The van der Waals surface area contributed by atoms with Crippen LogP contribution >= 0.6 is 0 Å². The lowest BCUT2D eigenvalue weighted by Gasteiger charge is -2.39. The van der Waals surface area contributed by atoms with Gasteiger partial charge in [-0.05, 0) is 50.6 Å². The van der Waals surface area contributed by atoms with Gasteiger partial charge in [-0.25, -0.2) is 0 Å². The van der Waals surface area contributed by atoms with Crippen LogP contribution < -0.4 is 9.47 Å². The molecule has 0 aromatic heterocycles. The van der Waals surface area contributed by atoms with Crippen LogP contribution in [0.15, 0.2) is 24.3 Å². The Morgan fingerprint density at radius 2 is 1.86 bits per heavy atom. The van der Waals surface area contributed by atoms with E-state index in [9.17, 15) is 5.11 Å². The predicted molar refractivity (Wildman–Crippen MR) is 84.0 cm³/mol. The minimum absolute atomic E-state index is 0.0530. The molecule has 1 aliphatic heterocycles. The van der Waals surface area contributed by atoms with Gasteiger partial charge in [-0.3, -0.25) is 4.90 Å². The van der Waals surface area contributed by atoms with Gasteiger partial charge < -0.3 is 14.6 Å². The quantitative estimate of drug-likeness (QED) is 0.839. The van der Waals surface area contributed by atoms with Crippen molar-refractivity contribution in [2.45, 2.75) is 26.7 Å². The third kappa shape index (κ3) is 4.90. The zero-order valence-electron chi connectivity index (χ0n) is 13.2. The highest BCUT2D eigenvalue weighted by atomic mass is 16.5. The molecule has 1 fully saturated rings. The normalized spacial score (nSPS) is 23.0. The van der Waals surface area contributed by atoms with Crippen molar-refractivity contribution in [3.63, 3.8) is 0 Å². The second kappa shape index (κ2) is 7.66. The summed E-state index contributed by atoms with van der Waals surface area (Å²) in [7, 11) is 0. The number of aliphatic hydroxyl groups is 1. The van der Waals surface area contributed by atoms with Crippen LogP contribution in [-0.2, 0) is 0 Å². The minimum atomic E-state index is 0.0530. The molecular formula is C17H27NO3. The SMILES string of the molecule is CCOc1ccc(OCCN2CCCC(C)(CO)C2)cc1. The molecule has 1 unspecified atom stereocenters. The molecular weight excluding hydrogens is 266 g/mol. The predicted octanol–water partition coefficient (Wildman–Crippen LogP) is 2.56. The van der Waals surface area contributed by atoms with Gasteiger partial charge in [0.05, 0.1) is 6.61 Å². The van der Waals surface area contributed by atoms with E-state index in [1.54, 1.807) is 0 Å². The van der Waals surface area contributed by atoms with E-state index in [0.29, 0.717) is 13.2 Å². The lowest BCUT2D eigenvalue weighted by molar-refractivity contribution is 0.0406. The molecule has 2 rings (SSSR count). The Hall–Kier alpha value is -1.26. The summed E-state index contributed by atoms with van der Waals surface area (Å²) in [6, 6.07) is 7.75. The first-order chi connectivity index (χ1) is 10.1. The Bertz CT molecular complexity index is 421. The lowest BCUT2D eigenvalue weighted by Crippen LogP contribution is -2.44. The lowest BCUT2D eigenvalue weighted by atomic mass is 9.83. The van der Waals surface area contributed by atoms with Gasteiger partial charge in [0.25, 0.3) is 0 Å². The highest BCUT2D eigenvalue weighted by Crippen LogP contribution is 2.28. The topological polar surface area (TPSA) is 41.9 Å². The number of benzene rings is 1. The minimum Gasteiger partial charge on any atom is -0.494 e. The average Bonchev–Trinajstić information content (AvgIpc) is 2.50. The maximum Gasteiger partial charge on any atom is 0.119 e. The van der Waals surface area contributed by atoms with E-state index >= 15 is 0 Å². The summed E-state index contributed by atoms with van der Waals surface area (Å²) >= 11 is 0. The van der Waals surface area contributed by atoms with Crippen molar-refractivity contribution >= 4 is 0 Å². The third-order valence-corrected chi connectivity index (χ3v) is 4.05. The smallest absolute Gasteiger partial charge is 0.119 e. The summed E-state index contributed by atoms with van der Waals surface area (Å²) in [5.74, 6) is 1.75. The number of aliphatic hydroxyl groups excluding tert-OH is 1. The Morgan fingerprint density at radius 1 is 1.19 bits per heavy atom. The molecule has 1 aromatic carbocycles. The highest BCUT2D eigenvalue weighted by molar-refractivity contribution is 5.31. The molecule has 1 atom stereocenters. The van der Waals surface area contributed by atoms with E-state index in [1.807, 2.05) is 31.2 Å². The summed E-state index contributed by atoms with van der Waals surface area (Å²) < 4.78 is 11.2. The van der Waals surface area contributed by atoms with Crippen LogP contribution in [0.25, 0.3) is 0 Å². The number of nitrogens with zero attached hydrogens (tertiary/aromatic N) is 1. The molecule has 118 valence electrons. The van der Waals surface area contributed by atoms with E-state index in [2.05, 4.69) is 11.8 Å². The van der Waals surface area contributed by atoms with Gasteiger partial charge in [-0.15, -0.1) is 0 Å². The number of hydrogen-bond donors (Lipinski definition) is 1. The molecule has 1 aromatic rings. The largest absolute Gasteiger partial charge is 0.494 e. The first-order valence-corrected chi connectivity index (χ1v) is 7.84. The van der Waals surface area contributed by atoms with Crippen LogP contribution in [0, 0.1) is 5.41 Å². The Labute approximate surface area is 127 Å². The monoisotopic (exact) mass is 293 g/mol. The van der Waals surface area contributed by atoms with E-state index in [1.165, 1.54) is 0 Å². The van der Waals surface area contributed by atoms with Crippen molar-refractivity contribution in [3.05, 3.63) is 24.3 Å². The summed E-state index contributed by atoms with van der Waals surface area (Å²) in [6.45, 7) is 8.72. The van der Waals surface area contributed by atoms with Crippen LogP contribution in [0.2, 0.25) is 0 Å². The van der Waals surface area contributed by atoms with Crippen molar-refractivity contribution in [2.75, 3.05) is 39.5 Å². The number of rotatable bonds is 7. The third-order valence-electron chi connectivity index (χ3n) is 4.05. The molecule has 1 aliphatic rings. The van der Waals surface area contributed by atoms with E-state index in [-0.39, 0.29) is 12.0 Å². The number of ether oxygens (including phenoxy) is 2. The summed E-state index contributed by atoms with van der Waals surface area (Å²) in [5.41, 5.74) is 0.0530. The van der Waals surface area contributed by atoms with E-state index in [0.717, 1.165) is 44.0 Å². The van der Waals surface area contributed by atoms with Crippen molar-refractivity contribution in [1.82, 2.24) is 4.90 Å². The maximum atomic E-state index is 9.47. The first-order valence-electron chi connectivity index (χ1n) is 7.84. The van der Waals surface area contributed by atoms with E-state index in [4.69, 9.17) is 9.47 Å². The zero-order valence-corrected chi connectivity index (χ0v) is 13.2. The molecule has 1 saturated heterocycles. The molecule has 0 amide bonds. The first kappa shape index (κ1) is 16.1. The molecule has 0 spiro atoms. The van der Waals surface area contributed by atoms with E-state index < -0.39 is 0 Å². The molecule has 4 heteroatoms. The Balaban J connectivity index is 1.73. The molecule has 4 nitrogen and oxygen atoms in total. The van der Waals surface area contributed by atoms with Crippen molar-refractivity contribution in [2.24, 2.45) is 5.41 Å². The summed E-state index contributed by atoms with van der Waals surface area (Å²) in [6.07, 6.45) is 2.26. The van der Waals surface area contributed by atoms with Crippen LogP contribution in [0.3, 0.4) is 0 Å². The molecule has 1 heterocycles. The summed E-state index contributed by atoms with van der Waals surface area (Å²) in [5, 5.41) is 9.47. The van der Waals surface area contributed by atoms with Gasteiger partial charge in [0.2, 0.25) is 0 Å². The molecule has 0 aliphatic carbocycles. The molecule has 21 heavy (non-hydrogen) atoms. The fraction of sp³-hybridized carbons (Fsp3) is 0.647. The second-order valence-electron chi connectivity index (χ2n) is 6.10. The van der Waals surface area contributed by atoms with Crippen LogP contribution in [0.1, 0.15) is 26.7 Å². The van der Waals surface area contributed by atoms with Crippen molar-refractivity contribution < 1.29 is 14.6 Å². The average molecular weight is 293 g/mol. The second-order valence-corrected chi connectivity index (χ2v) is 6.10. The van der Waals surface area contributed by atoms with Crippen LogP contribution in [-0.4, -0.2) is 49.5 Å². The molecule has 1 N–H and O–H groups in total. The van der Waals surface area contributed by atoms with Gasteiger partial charge in [-0.1, -0.05) is 6.92 Å². The molecule has 0 radical (unpaired) electrons. The van der Waals surface area contributed by atoms with Crippen molar-refractivity contribution in [1.29, 1.82) is 0 Å². The number of piperidine rings is 1. The van der Waals surface area contributed by atoms with Gasteiger partial charge in [0.1, 0.15) is 18.1 Å². The van der Waals surface area contributed by atoms with Crippen LogP contribution in [0.4, 0.5) is 0 Å². The highest BCUT2D eigenvalue weighted by Gasteiger charge is 2.29. The fourth-order valence-corrected chi connectivity index (χ4v) is 2.84. The Morgan fingerprint density at radius 3 is 2.48 bits per heavy atom. The fourth-order valence-electron chi connectivity index (χ4n) is 2.84. The molecule has 0 saturated carbocycles.